The lowest BCUT2D eigenvalue weighted by molar-refractivity contribution is -0.00555. The van der Waals surface area contributed by atoms with Crippen LogP contribution in [0.25, 0.3) is 0 Å². The van der Waals surface area contributed by atoms with Gasteiger partial charge in [-0.1, -0.05) is 6.58 Å². The minimum absolute atomic E-state index is 0.366. The number of nitrogens with zero attached hydrogens (tertiary/aromatic N) is 1. The summed E-state index contributed by atoms with van der Waals surface area (Å²) in [4.78, 5) is 2.26. The molecule has 2 nitrogen and oxygen atoms in total. The van der Waals surface area contributed by atoms with Gasteiger partial charge in [-0.15, -0.1) is 0 Å². The van der Waals surface area contributed by atoms with Crippen molar-refractivity contribution < 1.29 is 4.74 Å². The van der Waals surface area contributed by atoms with Crippen LogP contribution in [0.5, 0.6) is 0 Å². The summed E-state index contributed by atoms with van der Waals surface area (Å²) in [6, 6.07) is 0. The molecule has 2 heteroatoms. The topological polar surface area (TPSA) is 12.5 Å². The average molecular weight is 141 g/mol. The van der Waals surface area contributed by atoms with E-state index in [1.807, 2.05) is 6.92 Å². The summed E-state index contributed by atoms with van der Waals surface area (Å²) >= 11 is 0. The van der Waals surface area contributed by atoms with Crippen LogP contribution in [0.2, 0.25) is 0 Å². The maximum absolute atomic E-state index is 5.38. The molecule has 1 atom stereocenters. The van der Waals surface area contributed by atoms with Gasteiger partial charge in [0, 0.05) is 18.8 Å². The Bertz CT molecular complexity index is 133. The van der Waals surface area contributed by atoms with Crippen molar-refractivity contribution >= 4 is 0 Å². The van der Waals surface area contributed by atoms with Crippen LogP contribution in [0, 0.1) is 0 Å². The zero-order valence-corrected chi connectivity index (χ0v) is 6.76. The Hall–Kier alpha value is -0.500. The summed E-state index contributed by atoms with van der Waals surface area (Å²) in [7, 11) is 0. The average Bonchev–Trinajstić information content (AvgIpc) is 1.88. The van der Waals surface area contributed by atoms with Gasteiger partial charge in [-0.05, 0) is 13.8 Å². The van der Waals surface area contributed by atoms with Gasteiger partial charge in [-0.3, -0.25) is 0 Å². The minimum Gasteiger partial charge on any atom is -0.375 e. The Morgan fingerprint density at radius 2 is 2.40 bits per heavy atom. The predicted molar refractivity (Wildman–Crippen MR) is 41.8 cm³/mol. The largest absolute Gasteiger partial charge is 0.375 e. The molecular formula is C8H15NO. The van der Waals surface area contributed by atoms with Crippen LogP contribution in [0.3, 0.4) is 0 Å². The summed E-state index contributed by atoms with van der Waals surface area (Å²) in [6.45, 7) is 10.9. The number of ether oxygens (including phenoxy) is 1. The number of morpholine rings is 1. The third-order valence-corrected chi connectivity index (χ3v) is 1.78. The van der Waals surface area contributed by atoms with E-state index in [0.717, 1.165) is 25.4 Å². The molecule has 0 aromatic heterocycles. The van der Waals surface area contributed by atoms with E-state index in [1.165, 1.54) is 0 Å². The summed E-state index contributed by atoms with van der Waals surface area (Å²) in [5.74, 6) is 0. The number of hydrogen-bond acceptors (Lipinski definition) is 2. The Balaban J connectivity index is 2.39. The van der Waals surface area contributed by atoms with E-state index in [9.17, 15) is 0 Å². The maximum atomic E-state index is 5.38. The second-order valence-electron chi connectivity index (χ2n) is 2.86. The standard InChI is InChI=1S/C8H15NO/c1-7(2)9-4-5-10-8(3)6-9/h8H,1,4-6H2,2-3H3. The van der Waals surface area contributed by atoms with Gasteiger partial charge in [0.2, 0.25) is 0 Å². The molecule has 0 saturated carbocycles. The van der Waals surface area contributed by atoms with E-state index >= 15 is 0 Å². The highest BCUT2D eigenvalue weighted by atomic mass is 16.5. The van der Waals surface area contributed by atoms with Crippen molar-refractivity contribution in [2.45, 2.75) is 20.0 Å². The van der Waals surface area contributed by atoms with Gasteiger partial charge in [-0.2, -0.15) is 0 Å². The molecule has 10 heavy (non-hydrogen) atoms. The van der Waals surface area contributed by atoms with Gasteiger partial charge in [0.15, 0.2) is 0 Å². The van der Waals surface area contributed by atoms with Crippen molar-refractivity contribution in [2.24, 2.45) is 0 Å². The third kappa shape index (κ3) is 1.74. The fraction of sp³-hybridized carbons (Fsp3) is 0.750. The SMILES string of the molecule is C=C(C)N1CCOC(C)C1. The molecule has 1 aliphatic heterocycles. The second kappa shape index (κ2) is 3.06. The van der Waals surface area contributed by atoms with E-state index in [4.69, 9.17) is 4.74 Å². The summed E-state index contributed by atoms with van der Waals surface area (Å²) in [5.41, 5.74) is 1.15. The summed E-state index contributed by atoms with van der Waals surface area (Å²) < 4.78 is 5.38. The number of hydrogen-bond donors (Lipinski definition) is 0. The highest BCUT2D eigenvalue weighted by molar-refractivity contribution is 4.90. The van der Waals surface area contributed by atoms with Crippen LogP contribution in [-0.4, -0.2) is 30.7 Å². The molecular weight excluding hydrogens is 126 g/mol. The zero-order valence-electron chi connectivity index (χ0n) is 6.76. The molecule has 0 N–H and O–H groups in total. The van der Waals surface area contributed by atoms with Crippen molar-refractivity contribution in [3.05, 3.63) is 12.3 Å². The van der Waals surface area contributed by atoms with E-state index in [-0.39, 0.29) is 0 Å². The van der Waals surface area contributed by atoms with Crippen molar-refractivity contribution in [1.82, 2.24) is 4.90 Å². The van der Waals surface area contributed by atoms with Crippen molar-refractivity contribution in [3.8, 4) is 0 Å². The fourth-order valence-electron chi connectivity index (χ4n) is 1.17. The third-order valence-electron chi connectivity index (χ3n) is 1.78. The van der Waals surface area contributed by atoms with Gasteiger partial charge in [0.25, 0.3) is 0 Å². The van der Waals surface area contributed by atoms with Crippen LogP contribution in [0.4, 0.5) is 0 Å². The first kappa shape index (κ1) is 7.61. The highest BCUT2D eigenvalue weighted by Gasteiger charge is 2.14. The van der Waals surface area contributed by atoms with Gasteiger partial charge < -0.3 is 9.64 Å². The maximum Gasteiger partial charge on any atom is 0.0722 e. The monoisotopic (exact) mass is 141 g/mol. The van der Waals surface area contributed by atoms with Gasteiger partial charge in [0.05, 0.1) is 12.7 Å². The Labute approximate surface area is 62.5 Å². The van der Waals surface area contributed by atoms with Crippen molar-refractivity contribution in [1.29, 1.82) is 0 Å². The molecule has 1 heterocycles. The first-order valence-corrected chi connectivity index (χ1v) is 3.72. The van der Waals surface area contributed by atoms with E-state index in [2.05, 4.69) is 18.4 Å². The van der Waals surface area contributed by atoms with Crippen LogP contribution >= 0.6 is 0 Å². The molecule has 0 radical (unpaired) electrons. The summed E-state index contributed by atoms with van der Waals surface area (Å²) in [5, 5.41) is 0. The molecule has 0 bridgehead atoms. The van der Waals surface area contributed by atoms with E-state index in [0.29, 0.717) is 6.10 Å². The zero-order chi connectivity index (χ0) is 7.56. The Kier molecular flexibility index (Phi) is 2.33. The molecule has 1 rings (SSSR count). The van der Waals surface area contributed by atoms with Crippen molar-refractivity contribution in [3.63, 3.8) is 0 Å². The van der Waals surface area contributed by atoms with Crippen molar-refractivity contribution in [2.75, 3.05) is 19.7 Å². The molecule has 0 aromatic rings. The molecule has 0 amide bonds. The normalized spacial score (nSPS) is 26.6. The first-order chi connectivity index (χ1) is 4.70. The molecule has 0 aliphatic carbocycles. The Morgan fingerprint density at radius 3 is 2.80 bits per heavy atom. The number of allylic oxidation sites excluding steroid dienone is 1. The fourth-order valence-corrected chi connectivity index (χ4v) is 1.17. The first-order valence-electron chi connectivity index (χ1n) is 3.72. The molecule has 58 valence electrons. The van der Waals surface area contributed by atoms with Gasteiger partial charge in [-0.25, -0.2) is 0 Å². The molecule has 1 saturated heterocycles. The van der Waals surface area contributed by atoms with Crippen LogP contribution in [0.1, 0.15) is 13.8 Å². The minimum atomic E-state index is 0.366. The lowest BCUT2D eigenvalue weighted by Gasteiger charge is -2.32. The lowest BCUT2D eigenvalue weighted by Crippen LogP contribution is -2.39. The lowest BCUT2D eigenvalue weighted by atomic mass is 10.3. The highest BCUT2D eigenvalue weighted by Crippen LogP contribution is 2.08. The van der Waals surface area contributed by atoms with E-state index in [1.54, 1.807) is 0 Å². The smallest absolute Gasteiger partial charge is 0.0722 e. The van der Waals surface area contributed by atoms with Gasteiger partial charge >= 0.3 is 0 Å². The Morgan fingerprint density at radius 1 is 1.70 bits per heavy atom. The second-order valence-corrected chi connectivity index (χ2v) is 2.86. The quantitative estimate of drug-likeness (QED) is 0.544. The predicted octanol–water partition coefficient (Wildman–Crippen LogP) is 1.24. The molecule has 0 aromatic carbocycles. The van der Waals surface area contributed by atoms with Gasteiger partial charge in [0.1, 0.15) is 0 Å². The number of rotatable bonds is 1. The molecule has 0 spiro atoms. The van der Waals surface area contributed by atoms with Crippen LogP contribution in [0.15, 0.2) is 12.3 Å². The molecule has 1 aliphatic rings. The summed E-state index contributed by atoms with van der Waals surface area (Å²) in [6.07, 6.45) is 0.366. The van der Waals surface area contributed by atoms with E-state index < -0.39 is 0 Å². The molecule has 1 fully saturated rings. The molecule has 1 unspecified atom stereocenters. The van der Waals surface area contributed by atoms with Crippen LogP contribution < -0.4 is 0 Å². The van der Waals surface area contributed by atoms with Crippen LogP contribution in [-0.2, 0) is 4.74 Å².